The number of aromatic nitrogens is 2. The zero-order valence-electron chi connectivity index (χ0n) is 21.0. The van der Waals surface area contributed by atoms with Gasteiger partial charge in [-0.3, -0.25) is 29.0 Å². The summed E-state index contributed by atoms with van der Waals surface area (Å²) in [6.45, 7) is 0.110. The summed E-state index contributed by atoms with van der Waals surface area (Å²) >= 11 is 0. The van der Waals surface area contributed by atoms with Gasteiger partial charge in [0.05, 0.1) is 18.8 Å². The molecular formula is C21H34N10O8. The van der Waals surface area contributed by atoms with Crippen LogP contribution in [0.25, 0.3) is 0 Å². The molecule has 0 saturated carbocycles. The summed E-state index contributed by atoms with van der Waals surface area (Å²) in [5.74, 6) is -6.71. The van der Waals surface area contributed by atoms with Crippen molar-refractivity contribution >= 4 is 41.5 Å². The second-order valence-corrected chi connectivity index (χ2v) is 8.46. The molecule has 0 aliphatic heterocycles. The minimum Gasteiger partial charge on any atom is -0.481 e. The molecule has 1 aromatic heterocycles. The van der Waals surface area contributed by atoms with Gasteiger partial charge in [-0.2, -0.15) is 0 Å². The van der Waals surface area contributed by atoms with E-state index >= 15 is 0 Å². The number of hydrogen-bond donors (Lipinski definition) is 10. The molecule has 18 heteroatoms. The number of H-pyrrole nitrogens is 1. The molecule has 0 aromatic carbocycles. The van der Waals surface area contributed by atoms with Gasteiger partial charge in [0.25, 0.3) is 0 Å². The fourth-order valence-electron chi connectivity index (χ4n) is 3.26. The Kier molecular flexibility index (Phi) is 13.4. The molecule has 0 unspecified atom stereocenters. The van der Waals surface area contributed by atoms with Crippen molar-refractivity contribution in [3.05, 3.63) is 18.2 Å². The van der Waals surface area contributed by atoms with E-state index in [1.54, 1.807) is 0 Å². The van der Waals surface area contributed by atoms with Crippen LogP contribution in [0, 0.1) is 0 Å². The summed E-state index contributed by atoms with van der Waals surface area (Å²) in [5.41, 5.74) is 22.1. The van der Waals surface area contributed by atoms with Crippen LogP contribution in [0.15, 0.2) is 17.5 Å². The number of hydrogen-bond acceptors (Lipinski definition) is 9. The van der Waals surface area contributed by atoms with Crippen molar-refractivity contribution in [3.63, 3.8) is 0 Å². The molecule has 0 fully saturated rings. The van der Waals surface area contributed by atoms with Crippen LogP contribution in [-0.2, 0) is 35.2 Å². The van der Waals surface area contributed by atoms with Gasteiger partial charge in [-0.1, -0.05) is 0 Å². The van der Waals surface area contributed by atoms with Crippen molar-refractivity contribution in [2.24, 2.45) is 27.9 Å². The molecule has 0 spiro atoms. The van der Waals surface area contributed by atoms with Crippen LogP contribution < -0.4 is 38.9 Å². The van der Waals surface area contributed by atoms with Crippen LogP contribution in [0.5, 0.6) is 0 Å². The van der Waals surface area contributed by atoms with Gasteiger partial charge in [0.15, 0.2) is 5.96 Å². The molecule has 4 atom stereocenters. The van der Waals surface area contributed by atoms with E-state index < -0.39 is 79.0 Å². The molecule has 14 N–H and O–H groups in total. The molecule has 0 radical (unpaired) electrons. The molecule has 4 amide bonds. The number of rotatable bonds is 18. The number of primary amides is 1. The maximum Gasteiger partial charge on any atom is 0.326 e. The van der Waals surface area contributed by atoms with E-state index in [9.17, 15) is 33.9 Å². The quantitative estimate of drug-likeness (QED) is 0.0467. The second-order valence-electron chi connectivity index (χ2n) is 8.46. The summed E-state index contributed by atoms with van der Waals surface area (Å²) in [4.78, 5) is 82.6. The fourth-order valence-corrected chi connectivity index (χ4v) is 3.26. The smallest absolute Gasteiger partial charge is 0.326 e. The summed E-state index contributed by atoms with van der Waals surface area (Å²) in [6, 6.07) is -5.57. The third-order valence-corrected chi connectivity index (χ3v) is 5.21. The Morgan fingerprint density at radius 1 is 0.923 bits per heavy atom. The van der Waals surface area contributed by atoms with E-state index in [1.165, 1.54) is 12.5 Å². The first-order valence-corrected chi connectivity index (χ1v) is 11.7. The molecule has 1 aromatic rings. The first-order valence-electron chi connectivity index (χ1n) is 11.7. The Labute approximate surface area is 222 Å². The summed E-state index contributed by atoms with van der Waals surface area (Å²) in [5, 5.41) is 25.2. The van der Waals surface area contributed by atoms with E-state index in [0.29, 0.717) is 5.69 Å². The molecule has 216 valence electrons. The monoisotopic (exact) mass is 554 g/mol. The minimum absolute atomic E-state index is 0.00216. The maximum absolute atomic E-state index is 13.1. The minimum atomic E-state index is -1.71. The van der Waals surface area contributed by atoms with Crippen molar-refractivity contribution in [3.8, 4) is 0 Å². The van der Waals surface area contributed by atoms with Crippen molar-refractivity contribution < 1.29 is 39.0 Å². The number of carbonyl (C=O) groups excluding carboxylic acids is 4. The molecule has 0 aliphatic rings. The molecule has 0 saturated heterocycles. The van der Waals surface area contributed by atoms with Gasteiger partial charge in [-0.05, 0) is 19.3 Å². The fraction of sp³-hybridized carbons (Fsp3) is 0.524. The number of carboxylic acids is 2. The van der Waals surface area contributed by atoms with E-state index in [1.807, 2.05) is 0 Å². The van der Waals surface area contributed by atoms with Crippen LogP contribution in [0.2, 0.25) is 0 Å². The van der Waals surface area contributed by atoms with Crippen LogP contribution in [-0.4, -0.2) is 92.4 Å². The molecule has 18 nitrogen and oxygen atoms in total. The zero-order chi connectivity index (χ0) is 29.5. The van der Waals surface area contributed by atoms with Crippen LogP contribution >= 0.6 is 0 Å². The highest BCUT2D eigenvalue weighted by molar-refractivity contribution is 5.95. The highest BCUT2D eigenvalue weighted by Gasteiger charge is 2.31. The van der Waals surface area contributed by atoms with Crippen molar-refractivity contribution in [2.75, 3.05) is 6.54 Å². The predicted octanol–water partition coefficient (Wildman–Crippen LogP) is -4.39. The largest absolute Gasteiger partial charge is 0.481 e. The summed E-state index contributed by atoms with van der Waals surface area (Å²) in [7, 11) is 0. The number of nitrogens with zero attached hydrogens (tertiary/aromatic N) is 2. The number of guanidine groups is 1. The van der Waals surface area contributed by atoms with Gasteiger partial charge in [-0.15, -0.1) is 0 Å². The average molecular weight is 555 g/mol. The third-order valence-electron chi connectivity index (χ3n) is 5.21. The van der Waals surface area contributed by atoms with E-state index in [4.69, 9.17) is 28.0 Å². The number of nitrogens with one attached hydrogen (secondary N) is 4. The van der Waals surface area contributed by atoms with Crippen LogP contribution in [0.3, 0.4) is 0 Å². The first kappa shape index (κ1) is 32.3. The number of imidazole rings is 1. The van der Waals surface area contributed by atoms with Gasteiger partial charge in [0.1, 0.15) is 18.1 Å². The highest BCUT2D eigenvalue weighted by Crippen LogP contribution is 2.06. The molecule has 0 aliphatic carbocycles. The number of carboxylic acid groups (broad SMARTS) is 2. The Morgan fingerprint density at radius 3 is 2.03 bits per heavy atom. The van der Waals surface area contributed by atoms with Crippen molar-refractivity contribution in [1.29, 1.82) is 0 Å². The normalized spacial score (nSPS) is 13.7. The first-order chi connectivity index (χ1) is 18.3. The van der Waals surface area contributed by atoms with Crippen molar-refractivity contribution in [1.82, 2.24) is 25.9 Å². The van der Waals surface area contributed by atoms with Gasteiger partial charge in [0.2, 0.25) is 23.6 Å². The summed E-state index contributed by atoms with van der Waals surface area (Å²) in [6.07, 6.45) is 1.44. The Hall–Kier alpha value is -4.74. The lowest BCUT2D eigenvalue weighted by molar-refractivity contribution is -0.144. The van der Waals surface area contributed by atoms with Gasteiger partial charge in [0, 0.05) is 31.3 Å². The molecule has 1 heterocycles. The lowest BCUT2D eigenvalue weighted by Crippen LogP contribution is -2.57. The average Bonchev–Trinajstić information content (AvgIpc) is 3.35. The molecular weight excluding hydrogens is 520 g/mol. The number of amides is 4. The Balaban J connectivity index is 3.05. The molecule has 0 bridgehead atoms. The highest BCUT2D eigenvalue weighted by atomic mass is 16.4. The van der Waals surface area contributed by atoms with Crippen LogP contribution in [0.1, 0.15) is 37.8 Å². The van der Waals surface area contributed by atoms with E-state index in [-0.39, 0.29) is 31.8 Å². The van der Waals surface area contributed by atoms with E-state index in [2.05, 4.69) is 30.9 Å². The second kappa shape index (κ2) is 16.2. The number of aromatic amines is 1. The maximum atomic E-state index is 13.1. The SMILES string of the molecule is NC(=O)C[C@H](NC(=O)[C@H](CCC(=O)O)NC(=O)[C@H](CCCN=C(N)N)NC(=O)[C@@H](N)Cc1cnc[nH]1)C(=O)O. The zero-order valence-corrected chi connectivity index (χ0v) is 21.0. The van der Waals surface area contributed by atoms with Gasteiger partial charge in [-0.25, -0.2) is 9.78 Å². The third kappa shape index (κ3) is 12.9. The number of aliphatic carboxylic acids is 2. The lowest BCUT2D eigenvalue weighted by Gasteiger charge is -2.25. The number of nitrogens with two attached hydrogens (primary N) is 4. The Morgan fingerprint density at radius 2 is 1.51 bits per heavy atom. The molecule has 39 heavy (non-hydrogen) atoms. The standard InChI is InChI=1S/C21H34N10O8/c22-11(6-10-8-26-9-28-10)17(35)29-12(2-1-5-27-21(24)25)18(36)30-13(3-4-16(33)34)19(37)31-14(20(38)39)7-15(23)32/h8-9,11-14H,1-7,22H2,(H2,23,32)(H,26,28)(H,29,35)(H,30,36)(H,31,37)(H,33,34)(H,38,39)(H4,24,25,27)/t11-,12-,13-,14-/m0/s1. The number of carbonyl (C=O) groups is 6. The predicted molar refractivity (Wildman–Crippen MR) is 134 cm³/mol. The lowest BCUT2D eigenvalue weighted by atomic mass is 10.1. The summed E-state index contributed by atoms with van der Waals surface area (Å²) < 4.78 is 0. The van der Waals surface area contributed by atoms with Crippen molar-refractivity contribution in [2.45, 2.75) is 62.7 Å². The topological polar surface area (TPSA) is 324 Å². The van der Waals surface area contributed by atoms with Gasteiger partial charge >= 0.3 is 11.9 Å². The van der Waals surface area contributed by atoms with Gasteiger partial charge < -0.3 is 54.1 Å². The Bertz CT molecular complexity index is 1040. The molecule has 1 rings (SSSR count). The van der Waals surface area contributed by atoms with Crippen LogP contribution in [0.4, 0.5) is 0 Å². The van der Waals surface area contributed by atoms with E-state index in [0.717, 1.165) is 0 Å². The number of aliphatic imine (C=N–C) groups is 1.